The van der Waals surface area contributed by atoms with Gasteiger partial charge in [-0.25, -0.2) is 0 Å². The molecule has 10 atom stereocenters. The summed E-state index contributed by atoms with van der Waals surface area (Å²) in [4.78, 5) is 0. The molecule has 2 saturated heterocycles. The fourth-order valence-electron chi connectivity index (χ4n) is 3.68. The fraction of sp³-hybridized carbons (Fsp3) is 0.684. The number of aliphatic hydroxyl groups is 7. The Balaban J connectivity index is 1.84. The van der Waals surface area contributed by atoms with Crippen LogP contribution in [0, 0.1) is 0 Å². The molecule has 2 heterocycles. The summed E-state index contributed by atoms with van der Waals surface area (Å²) >= 11 is 0. The van der Waals surface area contributed by atoms with Crippen molar-refractivity contribution in [3.8, 4) is 5.75 Å². The number of hydrogen-bond donors (Lipinski definition) is 7. The normalized spacial score (nSPS) is 42.1. The molecule has 1 aromatic rings. The highest BCUT2D eigenvalue weighted by molar-refractivity contribution is 5.31. The van der Waals surface area contributed by atoms with Gasteiger partial charge in [0.05, 0.1) is 20.3 Å². The Hall–Kier alpha value is -1.38. The maximum Gasteiger partial charge on any atom is 0.187 e. The van der Waals surface area contributed by atoms with Crippen LogP contribution in [0.2, 0.25) is 0 Å². The van der Waals surface area contributed by atoms with Gasteiger partial charge in [-0.1, -0.05) is 12.1 Å². The summed E-state index contributed by atoms with van der Waals surface area (Å²) in [7, 11) is 1.47. The summed E-state index contributed by atoms with van der Waals surface area (Å²) in [6.07, 6.45) is -14.3. The van der Waals surface area contributed by atoms with E-state index in [0.717, 1.165) is 0 Å². The highest BCUT2D eigenvalue weighted by atomic mass is 16.7. The Morgan fingerprint density at radius 3 is 2.13 bits per heavy atom. The Morgan fingerprint density at radius 1 is 0.833 bits per heavy atom. The van der Waals surface area contributed by atoms with E-state index in [9.17, 15) is 35.7 Å². The molecule has 11 heteroatoms. The Kier molecular flexibility index (Phi) is 7.63. The minimum Gasteiger partial charge on any atom is -0.497 e. The van der Waals surface area contributed by atoms with E-state index in [0.29, 0.717) is 11.3 Å². The fourth-order valence-corrected chi connectivity index (χ4v) is 3.68. The maximum absolute atomic E-state index is 10.9. The summed E-state index contributed by atoms with van der Waals surface area (Å²) in [5, 5.41) is 70.3. The van der Waals surface area contributed by atoms with E-state index < -0.39 is 74.4 Å². The number of hydrogen-bond acceptors (Lipinski definition) is 11. The van der Waals surface area contributed by atoms with Gasteiger partial charge in [-0.2, -0.15) is 0 Å². The predicted molar refractivity (Wildman–Crippen MR) is 98.3 cm³/mol. The molecule has 0 radical (unpaired) electrons. The first-order chi connectivity index (χ1) is 14.3. The van der Waals surface area contributed by atoms with Gasteiger partial charge in [0.25, 0.3) is 0 Å². The van der Waals surface area contributed by atoms with Crippen LogP contribution in [0.15, 0.2) is 24.3 Å². The second-order valence-electron chi connectivity index (χ2n) is 7.33. The minimum atomic E-state index is -1.71. The lowest BCUT2D eigenvalue weighted by atomic mass is 9.90. The highest BCUT2D eigenvalue weighted by Gasteiger charge is 2.50. The van der Waals surface area contributed by atoms with Crippen molar-refractivity contribution in [2.24, 2.45) is 0 Å². The lowest BCUT2D eigenvalue weighted by molar-refractivity contribution is -0.342. The van der Waals surface area contributed by atoms with Crippen LogP contribution in [0.25, 0.3) is 0 Å². The Morgan fingerprint density at radius 2 is 1.50 bits per heavy atom. The Labute approximate surface area is 172 Å². The van der Waals surface area contributed by atoms with Crippen LogP contribution in [0.4, 0.5) is 0 Å². The number of methoxy groups -OCH3 is 1. The quantitative estimate of drug-likeness (QED) is 0.244. The molecule has 2 aliphatic heterocycles. The molecular weight excluding hydrogens is 404 g/mol. The van der Waals surface area contributed by atoms with E-state index in [-0.39, 0.29) is 0 Å². The molecule has 2 fully saturated rings. The van der Waals surface area contributed by atoms with Crippen LogP contribution >= 0.6 is 0 Å². The zero-order valence-electron chi connectivity index (χ0n) is 16.3. The van der Waals surface area contributed by atoms with Gasteiger partial charge in [-0.15, -0.1) is 0 Å². The van der Waals surface area contributed by atoms with Crippen LogP contribution in [-0.2, 0) is 14.2 Å². The summed E-state index contributed by atoms with van der Waals surface area (Å²) in [6, 6.07) is 6.65. The number of aliphatic hydroxyl groups excluding tert-OH is 7. The van der Waals surface area contributed by atoms with Gasteiger partial charge >= 0.3 is 0 Å². The van der Waals surface area contributed by atoms with Crippen molar-refractivity contribution in [3.05, 3.63) is 29.8 Å². The molecular formula is C19H28O11. The maximum atomic E-state index is 10.9. The Bertz CT molecular complexity index is 686. The molecule has 11 nitrogen and oxygen atoms in total. The number of rotatable bonds is 6. The summed E-state index contributed by atoms with van der Waals surface area (Å²) < 4.78 is 21.7. The van der Waals surface area contributed by atoms with Crippen molar-refractivity contribution in [1.29, 1.82) is 0 Å². The topological polar surface area (TPSA) is 179 Å². The predicted octanol–water partition coefficient (Wildman–Crippen LogP) is -2.97. The zero-order chi connectivity index (χ0) is 22.0. The third-order valence-electron chi connectivity index (χ3n) is 5.43. The largest absolute Gasteiger partial charge is 0.497 e. The molecule has 0 amide bonds. The van der Waals surface area contributed by atoms with Crippen molar-refractivity contribution in [1.82, 2.24) is 0 Å². The van der Waals surface area contributed by atoms with Crippen LogP contribution < -0.4 is 4.74 Å². The average molecular weight is 432 g/mol. The van der Waals surface area contributed by atoms with Crippen LogP contribution in [-0.4, -0.2) is 111 Å². The lowest BCUT2D eigenvalue weighted by Crippen LogP contribution is -2.63. The van der Waals surface area contributed by atoms with Crippen LogP contribution in [0.1, 0.15) is 11.7 Å². The molecule has 170 valence electrons. The summed E-state index contributed by atoms with van der Waals surface area (Å²) in [5.74, 6) is 0.501. The van der Waals surface area contributed by atoms with Gasteiger partial charge in [0.1, 0.15) is 60.7 Å². The van der Waals surface area contributed by atoms with Gasteiger partial charge in [0, 0.05) is 0 Å². The first kappa shape index (κ1) is 23.3. The van der Waals surface area contributed by atoms with E-state index in [1.165, 1.54) is 7.11 Å². The molecule has 3 rings (SSSR count). The van der Waals surface area contributed by atoms with Gasteiger partial charge in [-0.05, 0) is 17.7 Å². The number of ether oxygens (including phenoxy) is 4. The van der Waals surface area contributed by atoms with Crippen LogP contribution in [0.3, 0.4) is 0 Å². The molecule has 0 saturated carbocycles. The second kappa shape index (κ2) is 9.83. The van der Waals surface area contributed by atoms with Gasteiger partial charge in [-0.3, -0.25) is 0 Å². The molecule has 1 aromatic carbocycles. The highest BCUT2D eigenvalue weighted by Crippen LogP contribution is 2.36. The second-order valence-corrected chi connectivity index (χ2v) is 7.33. The van der Waals surface area contributed by atoms with Crippen molar-refractivity contribution >= 4 is 0 Å². The first-order valence-corrected chi connectivity index (χ1v) is 9.54. The molecule has 0 spiro atoms. The number of benzene rings is 1. The molecule has 0 aromatic heterocycles. The molecule has 30 heavy (non-hydrogen) atoms. The zero-order valence-corrected chi connectivity index (χ0v) is 16.3. The van der Waals surface area contributed by atoms with Crippen molar-refractivity contribution < 1.29 is 54.7 Å². The minimum absolute atomic E-state index is 0.495. The molecule has 7 N–H and O–H groups in total. The lowest BCUT2D eigenvalue weighted by Gasteiger charge is -2.46. The molecule has 2 aliphatic rings. The third kappa shape index (κ3) is 4.46. The van der Waals surface area contributed by atoms with E-state index in [1.807, 2.05) is 0 Å². The van der Waals surface area contributed by atoms with Gasteiger partial charge in [0.15, 0.2) is 6.29 Å². The van der Waals surface area contributed by atoms with Gasteiger partial charge < -0.3 is 54.7 Å². The monoisotopic (exact) mass is 432 g/mol. The summed E-state index contributed by atoms with van der Waals surface area (Å²) in [6.45, 7) is -1.24. The van der Waals surface area contributed by atoms with Crippen molar-refractivity contribution in [3.63, 3.8) is 0 Å². The molecule has 0 bridgehead atoms. The van der Waals surface area contributed by atoms with Crippen LogP contribution in [0.5, 0.6) is 5.75 Å². The molecule has 10 unspecified atom stereocenters. The van der Waals surface area contributed by atoms with E-state index in [1.54, 1.807) is 24.3 Å². The van der Waals surface area contributed by atoms with Crippen molar-refractivity contribution in [2.45, 2.75) is 61.2 Å². The molecule has 0 aliphatic carbocycles. The average Bonchev–Trinajstić information content (AvgIpc) is 2.76. The standard InChI is InChI=1S/C19H28O11/c1-27-9-4-2-3-8(5-9)17-16(26)18(13(23)11(7-21)28-17)30-19-15(25)14(24)12(22)10(6-20)29-19/h2-5,10-26H,6-7H2,1H3. The third-order valence-corrected chi connectivity index (χ3v) is 5.43. The van der Waals surface area contributed by atoms with Gasteiger partial charge in [0.2, 0.25) is 0 Å². The summed E-state index contributed by atoms with van der Waals surface area (Å²) in [5.41, 5.74) is 0.495. The van der Waals surface area contributed by atoms with E-state index in [4.69, 9.17) is 18.9 Å². The van der Waals surface area contributed by atoms with E-state index in [2.05, 4.69) is 0 Å². The van der Waals surface area contributed by atoms with E-state index >= 15 is 0 Å². The van der Waals surface area contributed by atoms with Crippen molar-refractivity contribution in [2.75, 3.05) is 20.3 Å². The first-order valence-electron chi connectivity index (χ1n) is 9.54. The smallest absolute Gasteiger partial charge is 0.187 e. The SMILES string of the molecule is COc1cccc(C2OC(CO)C(O)C(OC3OC(CO)C(O)C(O)C3O)C2O)c1.